The molecular formula is C12H9BrN2O3. The second kappa shape index (κ2) is 5.14. The molecule has 0 amide bonds. The van der Waals surface area contributed by atoms with Crippen molar-refractivity contribution >= 4 is 21.6 Å². The molecule has 2 rings (SSSR count). The normalized spacial score (nSPS) is 10.1. The second-order valence-electron chi connectivity index (χ2n) is 3.62. The Kier molecular flexibility index (Phi) is 3.57. The van der Waals surface area contributed by atoms with Gasteiger partial charge in [0.15, 0.2) is 0 Å². The number of pyridine rings is 1. The first-order valence-electron chi connectivity index (χ1n) is 5.11. The first-order chi connectivity index (χ1) is 8.56. The van der Waals surface area contributed by atoms with Gasteiger partial charge in [0.1, 0.15) is 5.75 Å². The van der Waals surface area contributed by atoms with Crippen LogP contribution in [0.2, 0.25) is 0 Å². The number of rotatable bonds is 3. The predicted molar refractivity (Wildman–Crippen MR) is 69.8 cm³/mol. The Balaban J connectivity index is 2.27. The summed E-state index contributed by atoms with van der Waals surface area (Å²) in [6, 6.07) is 8.45. The summed E-state index contributed by atoms with van der Waals surface area (Å²) in [6.07, 6.45) is 1.42. The van der Waals surface area contributed by atoms with Crippen molar-refractivity contribution in [2.75, 3.05) is 0 Å². The maximum absolute atomic E-state index is 10.8. The monoisotopic (exact) mass is 308 g/mol. The van der Waals surface area contributed by atoms with Crippen molar-refractivity contribution in [2.45, 2.75) is 6.92 Å². The van der Waals surface area contributed by atoms with Crippen molar-refractivity contribution in [2.24, 2.45) is 0 Å². The van der Waals surface area contributed by atoms with Crippen molar-refractivity contribution in [3.8, 4) is 11.6 Å². The highest BCUT2D eigenvalue weighted by molar-refractivity contribution is 9.10. The Morgan fingerprint density at radius 1 is 1.33 bits per heavy atom. The van der Waals surface area contributed by atoms with Gasteiger partial charge in [-0.05, 0) is 31.2 Å². The number of hydrogen-bond acceptors (Lipinski definition) is 4. The van der Waals surface area contributed by atoms with Crippen LogP contribution in [0, 0.1) is 17.0 Å². The summed E-state index contributed by atoms with van der Waals surface area (Å²) in [5, 5.41) is 10.8. The molecule has 2 aromatic rings. The van der Waals surface area contributed by atoms with Crippen LogP contribution in [-0.2, 0) is 0 Å². The Morgan fingerprint density at radius 3 is 2.61 bits per heavy atom. The molecule has 0 aliphatic carbocycles. The molecule has 0 atom stereocenters. The largest absolute Gasteiger partial charge is 0.439 e. The number of aryl methyl sites for hydroxylation is 1. The van der Waals surface area contributed by atoms with Crippen LogP contribution in [0.3, 0.4) is 0 Å². The van der Waals surface area contributed by atoms with Crippen LogP contribution < -0.4 is 4.74 Å². The van der Waals surface area contributed by atoms with E-state index in [0.29, 0.717) is 11.3 Å². The average molecular weight is 309 g/mol. The predicted octanol–water partition coefficient (Wildman–Crippen LogP) is 3.85. The Morgan fingerprint density at radius 2 is 2.00 bits per heavy atom. The van der Waals surface area contributed by atoms with Gasteiger partial charge < -0.3 is 4.74 Å². The topological polar surface area (TPSA) is 65.3 Å². The lowest BCUT2D eigenvalue weighted by atomic mass is 10.2. The minimum absolute atomic E-state index is 0.00267. The molecule has 0 aliphatic heterocycles. The lowest BCUT2D eigenvalue weighted by Gasteiger charge is -2.05. The second-order valence-corrected chi connectivity index (χ2v) is 4.54. The molecule has 18 heavy (non-hydrogen) atoms. The third-order valence-corrected chi connectivity index (χ3v) is 2.81. The molecule has 1 aromatic carbocycles. The lowest BCUT2D eigenvalue weighted by molar-refractivity contribution is -0.385. The van der Waals surface area contributed by atoms with E-state index in [1.807, 2.05) is 12.1 Å². The molecule has 92 valence electrons. The van der Waals surface area contributed by atoms with Crippen molar-refractivity contribution in [1.29, 1.82) is 0 Å². The quantitative estimate of drug-likeness (QED) is 0.638. The number of benzene rings is 1. The highest BCUT2D eigenvalue weighted by Crippen LogP contribution is 2.26. The zero-order chi connectivity index (χ0) is 13.1. The van der Waals surface area contributed by atoms with E-state index < -0.39 is 4.92 Å². The van der Waals surface area contributed by atoms with E-state index in [1.165, 1.54) is 12.3 Å². The summed E-state index contributed by atoms with van der Waals surface area (Å²) in [5.74, 6) is 0.776. The van der Waals surface area contributed by atoms with Gasteiger partial charge in [0.05, 0.1) is 11.0 Å². The molecule has 0 radical (unpaired) electrons. The average Bonchev–Trinajstić information content (AvgIpc) is 2.34. The summed E-state index contributed by atoms with van der Waals surface area (Å²) >= 11 is 3.31. The van der Waals surface area contributed by atoms with E-state index in [0.717, 1.165) is 4.47 Å². The maximum Gasteiger partial charge on any atom is 0.279 e. The van der Waals surface area contributed by atoms with Crippen LogP contribution in [0.15, 0.2) is 41.0 Å². The third-order valence-electron chi connectivity index (χ3n) is 2.28. The smallest absolute Gasteiger partial charge is 0.279 e. The molecule has 0 saturated carbocycles. The number of nitrogens with zero attached hydrogens (tertiary/aromatic N) is 2. The molecule has 0 aliphatic rings. The fourth-order valence-electron chi connectivity index (χ4n) is 1.37. The van der Waals surface area contributed by atoms with Crippen LogP contribution in [0.5, 0.6) is 11.6 Å². The molecule has 1 heterocycles. The van der Waals surface area contributed by atoms with E-state index >= 15 is 0 Å². The molecule has 0 N–H and O–H groups in total. The van der Waals surface area contributed by atoms with Gasteiger partial charge >= 0.3 is 0 Å². The van der Waals surface area contributed by atoms with Gasteiger partial charge in [-0.3, -0.25) is 10.1 Å². The molecule has 5 nitrogen and oxygen atoms in total. The van der Waals surface area contributed by atoms with Crippen molar-refractivity contribution in [1.82, 2.24) is 4.98 Å². The number of aromatic nitrogens is 1. The third kappa shape index (κ3) is 2.84. The number of hydrogen-bond donors (Lipinski definition) is 0. The summed E-state index contributed by atoms with van der Waals surface area (Å²) in [5.41, 5.74) is 0.500. The maximum atomic E-state index is 10.8. The number of nitro groups is 1. The van der Waals surface area contributed by atoms with Crippen molar-refractivity contribution in [3.05, 3.63) is 56.7 Å². The standard InChI is InChI=1S/C12H9BrN2O3/c1-8-7-14-12(6-11(8)15(16)17)18-10-4-2-9(13)3-5-10/h2-7H,1H3. The van der Waals surface area contributed by atoms with E-state index in [9.17, 15) is 10.1 Å². The first kappa shape index (κ1) is 12.5. The molecule has 6 heteroatoms. The van der Waals surface area contributed by atoms with Gasteiger partial charge in [-0.2, -0.15) is 0 Å². The summed E-state index contributed by atoms with van der Waals surface area (Å²) in [4.78, 5) is 14.3. The Bertz CT molecular complexity index is 584. The molecule has 0 unspecified atom stereocenters. The van der Waals surface area contributed by atoms with Crippen molar-refractivity contribution in [3.63, 3.8) is 0 Å². The Hall–Kier alpha value is -1.95. The zero-order valence-electron chi connectivity index (χ0n) is 9.46. The molecular weight excluding hydrogens is 300 g/mol. The summed E-state index contributed by atoms with van der Waals surface area (Å²) in [6.45, 7) is 1.63. The van der Waals surface area contributed by atoms with Gasteiger partial charge in [-0.15, -0.1) is 0 Å². The van der Waals surface area contributed by atoms with Crippen LogP contribution in [0.4, 0.5) is 5.69 Å². The summed E-state index contributed by atoms with van der Waals surface area (Å²) < 4.78 is 6.37. The fraction of sp³-hybridized carbons (Fsp3) is 0.0833. The van der Waals surface area contributed by atoms with Gasteiger partial charge in [-0.25, -0.2) is 4.98 Å². The molecule has 0 fully saturated rings. The molecule has 1 aromatic heterocycles. The zero-order valence-corrected chi connectivity index (χ0v) is 11.0. The minimum atomic E-state index is -0.453. The lowest BCUT2D eigenvalue weighted by Crippen LogP contribution is -1.95. The highest BCUT2D eigenvalue weighted by atomic mass is 79.9. The van der Waals surface area contributed by atoms with E-state index in [2.05, 4.69) is 20.9 Å². The number of ether oxygens (including phenoxy) is 1. The van der Waals surface area contributed by atoms with Gasteiger partial charge in [0, 0.05) is 16.2 Å². The molecule has 0 bridgehead atoms. The van der Waals surface area contributed by atoms with E-state index in [-0.39, 0.29) is 11.6 Å². The summed E-state index contributed by atoms with van der Waals surface area (Å²) in [7, 11) is 0. The van der Waals surface area contributed by atoms with Gasteiger partial charge in [0.25, 0.3) is 5.69 Å². The Labute approximate surface area is 112 Å². The minimum Gasteiger partial charge on any atom is -0.439 e. The number of halogens is 1. The van der Waals surface area contributed by atoms with Crippen LogP contribution in [0.1, 0.15) is 5.56 Å². The van der Waals surface area contributed by atoms with Crippen LogP contribution >= 0.6 is 15.9 Å². The highest BCUT2D eigenvalue weighted by Gasteiger charge is 2.13. The fourth-order valence-corrected chi connectivity index (χ4v) is 1.63. The van der Waals surface area contributed by atoms with Gasteiger partial charge in [-0.1, -0.05) is 15.9 Å². The molecule has 0 spiro atoms. The molecule has 0 saturated heterocycles. The van der Waals surface area contributed by atoms with E-state index in [4.69, 9.17) is 4.74 Å². The van der Waals surface area contributed by atoms with Crippen LogP contribution in [-0.4, -0.2) is 9.91 Å². The van der Waals surface area contributed by atoms with Crippen LogP contribution in [0.25, 0.3) is 0 Å². The van der Waals surface area contributed by atoms with E-state index in [1.54, 1.807) is 19.1 Å². The first-order valence-corrected chi connectivity index (χ1v) is 5.90. The van der Waals surface area contributed by atoms with Gasteiger partial charge in [0.2, 0.25) is 5.88 Å². The SMILES string of the molecule is Cc1cnc(Oc2ccc(Br)cc2)cc1[N+](=O)[O-]. The van der Waals surface area contributed by atoms with Crippen molar-refractivity contribution < 1.29 is 9.66 Å².